The summed E-state index contributed by atoms with van der Waals surface area (Å²) in [6, 6.07) is 3.40. The van der Waals surface area contributed by atoms with E-state index in [2.05, 4.69) is 25.7 Å². The molecule has 1 aromatic carbocycles. The lowest BCUT2D eigenvalue weighted by molar-refractivity contribution is -0.137. The van der Waals surface area contributed by atoms with Gasteiger partial charge in [0.05, 0.1) is 17.0 Å². The van der Waals surface area contributed by atoms with Crippen LogP contribution in [0.4, 0.5) is 18.3 Å². The van der Waals surface area contributed by atoms with Crippen LogP contribution in [0.25, 0.3) is 5.69 Å². The van der Waals surface area contributed by atoms with Gasteiger partial charge in [-0.05, 0) is 28.6 Å². The Kier molecular flexibility index (Phi) is 4.60. The van der Waals surface area contributed by atoms with Crippen molar-refractivity contribution in [1.82, 2.24) is 30.4 Å². The first kappa shape index (κ1) is 16.9. The summed E-state index contributed by atoms with van der Waals surface area (Å²) in [4.78, 5) is 0. The molecule has 0 aliphatic rings. The molecule has 24 heavy (non-hydrogen) atoms. The van der Waals surface area contributed by atoms with E-state index >= 15 is 0 Å². The van der Waals surface area contributed by atoms with Gasteiger partial charge < -0.3 is 5.73 Å². The van der Waals surface area contributed by atoms with Gasteiger partial charge in [0.15, 0.2) is 10.2 Å². The van der Waals surface area contributed by atoms with Gasteiger partial charge in [0.2, 0.25) is 5.13 Å². The predicted molar refractivity (Wildman–Crippen MR) is 83.0 cm³/mol. The van der Waals surface area contributed by atoms with Crippen molar-refractivity contribution in [2.75, 3.05) is 5.73 Å². The number of anilines is 1. The zero-order valence-corrected chi connectivity index (χ0v) is 13.9. The number of hydrogen-bond acceptors (Lipinski definition) is 8. The summed E-state index contributed by atoms with van der Waals surface area (Å²) < 4.78 is 41.3. The molecule has 0 aliphatic heterocycles. The Bertz CT molecular complexity index is 863. The molecule has 2 aromatic heterocycles. The Hall–Kier alpha value is -1.92. The third-order valence-corrected chi connectivity index (χ3v) is 4.89. The highest BCUT2D eigenvalue weighted by Gasteiger charge is 2.35. The number of halogens is 4. The summed E-state index contributed by atoms with van der Waals surface area (Å²) in [5, 5.41) is 18.6. The van der Waals surface area contributed by atoms with Crippen molar-refractivity contribution >= 4 is 39.8 Å². The van der Waals surface area contributed by atoms with E-state index < -0.39 is 11.7 Å². The van der Waals surface area contributed by atoms with Crippen molar-refractivity contribution in [2.24, 2.45) is 0 Å². The number of benzene rings is 1. The Balaban J connectivity index is 1.93. The number of nitrogen functional groups attached to an aromatic ring is 1. The van der Waals surface area contributed by atoms with Crippen LogP contribution in [0.1, 0.15) is 11.4 Å². The van der Waals surface area contributed by atoms with E-state index in [0.29, 0.717) is 9.47 Å². The summed E-state index contributed by atoms with van der Waals surface area (Å²) >= 11 is 8.06. The first-order chi connectivity index (χ1) is 11.3. The number of nitrogens with two attached hydrogens (primary N) is 1. The topological polar surface area (TPSA) is 95.4 Å². The van der Waals surface area contributed by atoms with Crippen molar-refractivity contribution in [2.45, 2.75) is 16.3 Å². The summed E-state index contributed by atoms with van der Waals surface area (Å²) in [6.07, 6.45) is -4.59. The number of rotatable bonds is 4. The lowest BCUT2D eigenvalue weighted by atomic mass is 10.1. The molecule has 7 nitrogen and oxygen atoms in total. The van der Waals surface area contributed by atoms with Gasteiger partial charge in [-0.3, -0.25) is 0 Å². The molecule has 0 radical (unpaired) electrons. The largest absolute Gasteiger partial charge is 0.418 e. The molecule has 0 spiro atoms. The number of thioether (sulfide) groups is 1. The number of alkyl halides is 3. The Morgan fingerprint density at radius 1 is 1.25 bits per heavy atom. The maximum Gasteiger partial charge on any atom is 0.418 e. The summed E-state index contributed by atoms with van der Waals surface area (Å²) in [5.41, 5.74) is 4.35. The smallest absolute Gasteiger partial charge is 0.374 e. The molecule has 2 heterocycles. The van der Waals surface area contributed by atoms with E-state index in [1.807, 2.05) is 0 Å². The van der Waals surface area contributed by atoms with Crippen LogP contribution in [-0.2, 0) is 11.9 Å². The van der Waals surface area contributed by atoms with Gasteiger partial charge >= 0.3 is 6.18 Å². The molecule has 0 bridgehead atoms. The zero-order valence-electron chi connectivity index (χ0n) is 11.5. The molecule has 0 saturated heterocycles. The quantitative estimate of drug-likeness (QED) is 0.680. The molecule has 0 aliphatic carbocycles. The molecular weight excluding hydrogens is 387 g/mol. The number of nitrogens with zero attached hydrogens (tertiary/aromatic N) is 6. The fraction of sp³-hybridized carbons (Fsp3) is 0.182. The molecular formula is C11H7ClF3N7S2. The van der Waals surface area contributed by atoms with E-state index in [1.54, 1.807) is 0 Å². The monoisotopic (exact) mass is 393 g/mol. The standard InChI is InChI=1S/C11H7ClF3N7S2/c12-5-1-2-7(6(3-5)11(13,14)15)22-8(17-20-21-22)4-23-10-19-18-9(16)24-10/h1-3H,4H2,(H2,16,18). The zero-order chi connectivity index (χ0) is 17.3. The van der Waals surface area contributed by atoms with E-state index in [-0.39, 0.29) is 22.3 Å². The maximum absolute atomic E-state index is 13.2. The second-order valence-corrected chi connectivity index (χ2v) is 7.03. The van der Waals surface area contributed by atoms with Crippen molar-refractivity contribution in [1.29, 1.82) is 0 Å². The highest BCUT2D eigenvalue weighted by Crippen LogP contribution is 2.36. The molecule has 0 saturated carbocycles. The molecule has 0 unspecified atom stereocenters. The van der Waals surface area contributed by atoms with Gasteiger partial charge in [-0.25, -0.2) is 0 Å². The molecule has 0 amide bonds. The number of aromatic nitrogens is 6. The molecule has 3 rings (SSSR count). The van der Waals surface area contributed by atoms with Crippen LogP contribution in [0, 0.1) is 0 Å². The van der Waals surface area contributed by atoms with Gasteiger partial charge in [-0.1, -0.05) is 34.7 Å². The lowest BCUT2D eigenvalue weighted by Crippen LogP contribution is -2.13. The SMILES string of the molecule is Nc1nnc(SCc2nnnn2-c2ccc(Cl)cc2C(F)(F)F)s1. The van der Waals surface area contributed by atoms with Crippen LogP contribution in [0.5, 0.6) is 0 Å². The third kappa shape index (κ3) is 3.60. The summed E-state index contributed by atoms with van der Waals surface area (Å²) in [5.74, 6) is 0.420. The van der Waals surface area contributed by atoms with Crippen LogP contribution in [0.15, 0.2) is 22.5 Å². The van der Waals surface area contributed by atoms with Gasteiger partial charge in [-0.2, -0.15) is 17.9 Å². The molecule has 13 heteroatoms. The number of hydrogen-bond donors (Lipinski definition) is 1. The van der Waals surface area contributed by atoms with Crippen LogP contribution < -0.4 is 5.73 Å². The molecule has 2 N–H and O–H groups in total. The maximum atomic E-state index is 13.2. The van der Waals surface area contributed by atoms with Crippen LogP contribution >= 0.6 is 34.7 Å². The third-order valence-electron chi connectivity index (χ3n) is 2.77. The highest BCUT2D eigenvalue weighted by molar-refractivity contribution is 8.00. The average Bonchev–Trinajstić information content (AvgIpc) is 3.13. The normalized spacial score (nSPS) is 11.8. The number of tetrazole rings is 1. The van der Waals surface area contributed by atoms with E-state index in [1.165, 1.54) is 23.9 Å². The van der Waals surface area contributed by atoms with Gasteiger partial charge in [-0.15, -0.1) is 15.3 Å². The minimum absolute atomic E-state index is 0.0283. The van der Waals surface area contributed by atoms with Crippen molar-refractivity contribution in [3.8, 4) is 5.69 Å². The van der Waals surface area contributed by atoms with Crippen LogP contribution in [0.2, 0.25) is 5.02 Å². The fourth-order valence-electron chi connectivity index (χ4n) is 1.81. The van der Waals surface area contributed by atoms with Crippen molar-refractivity contribution in [3.05, 3.63) is 34.6 Å². The van der Waals surface area contributed by atoms with E-state index in [9.17, 15) is 13.2 Å². The van der Waals surface area contributed by atoms with Crippen LogP contribution in [0.3, 0.4) is 0 Å². The van der Waals surface area contributed by atoms with E-state index in [4.69, 9.17) is 17.3 Å². The lowest BCUT2D eigenvalue weighted by Gasteiger charge is -2.13. The van der Waals surface area contributed by atoms with Crippen molar-refractivity contribution in [3.63, 3.8) is 0 Å². The second kappa shape index (κ2) is 6.53. The average molecular weight is 394 g/mol. The predicted octanol–water partition coefficient (Wildman–Crippen LogP) is 3.06. The minimum atomic E-state index is -4.59. The van der Waals surface area contributed by atoms with Crippen molar-refractivity contribution < 1.29 is 13.2 Å². The van der Waals surface area contributed by atoms with Gasteiger partial charge in [0, 0.05) is 5.02 Å². The molecule has 0 atom stereocenters. The fourth-order valence-corrected chi connectivity index (χ4v) is 3.52. The second-order valence-electron chi connectivity index (χ2n) is 4.36. The Labute approximate surface area is 146 Å². The Morgan fingerprint density at radius 2 is 2.04 bits per heavy atom. The summed E-state index contributed by atoms with van der Waals surface area (Å²) in [6.45, 7) is 0. The molecule has 3 aromatic rings. The van der Waals surface area contributed by atoms with Gasteiger partial charge in [0.25, 0.3) is 0 Å². The molecule has 126 valence electrons. The Morgan fingerprint density at radius 3 is 2.71 bits per heavy atom. The van der Waals surface area contributed by atoms with Gasteiger partial charge in [0.1, 0.15) is 0 Å². The first-order valence-electron chi connectivity index (χ1n) is 6.21. The summed E-state index contributed by atoms with van der Waals surface area (Å²) in [7, 11) is 0. The first-order valence-corrected chi connectivity index (χ1v) is 8.39. The van der Waals surface area contributed by atoms with Crippen LogP contribution in [-0.4, -0.2) is 30.4 Å². The van der Waals surface area contributed by atoms with E-state index in [0.717, 1.165) is 22.1 Å². The molecule has 0 fully saturated rings. The highest BCUT2D eigenvalue weighted by atomic mass is 35.5. The minimum Gasteiger partial charge on any atom is -0.374 e.